The fraction of sp³-hybridized carbons (Fsp3) is 1.00. The third-order valence-corrected chi connectivity index (χ3v) is 4.33. The van der Waals surface area contributed by atoms with Crippen LogP contribution in [0.25, 0.3) is 0 Å². The minimum Gasteiger partial charge on any atom is -0.400 e. The zero-order valence-corrected chi connectivity index (χ0v) is 14.0. The Morgan fingerprint density at radius 1 is 1.00 bits per heavy atom. The number of nitrogens with one attached hydrogen (secondary N) is 1. The normalized spacial score (nSPS) is 13.7. The first kappa shape index (κ1) is 19.0. The minimum absolute atomic E-state index is 0.446. The van der Waals surface area contributed by atoms with Gasteiger partial charge >= 0.3 is 15.4 Å². The van der Waals surface area contributed by atoms with Crippen LogP contribution in [0.1, 0.15) is 27.2 Å². The van der Waals surface area contributed by atoms with E-state index in [1.54, 1.807) is 7.11 Å². The summed E-state index contributed by atoms with van der Waals surface area (Å²) < 4.78 is 27.9. The number of hydrogen-bond donors (Lipinski definition) is 1. The molecule has 0 fully saturated rings. The summed E-state index contributed by atoms with van der Waals surface area (Å²) in [5, 5.41) is 3.10. The Morgan fingerprint density at radius 3 is 1.89 bits per heavy atom. The van der Waals surface area contributed by atoms with Crippen LogP contribution in [-0.2, 0) is 23.1 Å². The van der Waals surface area contributed by atoms with Crippen LogP contribution >= 0.6 is 0 Å². The van der Waals surface area contributed by atoms with E-state index in [9.17, 15) is 0 Å². The average molecular weight is 295 g/mol. The van der Waals surface area contributed by atoms with E-state index in [1.807, 2.05) is 27.8 Å². The molecule has 0 saturated heterocycles. The number of rotatable bonds is 13. The van der Waals surface area contributed by atoms with Gasteiger partial charge in [0.15, 0.2) is 0 Å². The summed E-state index contributed by atoms with van der Waals surface area (Å²) in [6.45, 7) is 7.90. The molecule has 6 nitrogen and oxygen atoms in total. The maximum atomic E-state index is 5.88. The van der Waals surface area contributed by atoms with Gasteiger partial charge < -0.3 is 28.4 Å². The Morgan fingerprint density at radius 2 is 1.53 bits per heavy atom. The van der Waals surface area contributed by atoms with Gasteiger partial charge in [0.05, 0.1) is 19.8 Å². The molecule has 0 aliphatic carbocycles. The molecule has 0 spiro atoms. The summed E-state index contributed by atoms with van der Waals surface area (Å²) in [5.74, 6) is 0. The highest BCUT2D eigenvalue weighted by Crippen LogP contribution is 2.20. The molecule has 0 amide bonds. The van der Waals surface area contributed by atoms with Gasteiger partial charge in [0, 0.05) is 7.11 Å². The monoisotopic (exact) mass is 295 g/mol. The molecule has 0 aromatic rings. The summed E-state index contributed by atoms with van der Waals surface area (Å²) in [6, 6.07) is 0.867. The topological polar surface area (TPSA) is 58.2 Å². The summed E-state index contributed by atoms with van der Waals surface area (Å²) >= 11 is 0. The second-order valence-corrected chi connectivity index (χ2v) is 5.97. The lowest BCUT2D eigenvalue weighted by Crippen LogP contribution is -2.47. The van der Waals surface area contributed by atoms with Crippen molar-refractivity contribution >= 4 is 9.28 Å². The standard InChI is InChI=1S/C12H29NO5Si/c1-6-15-12(16-7-2,17-8-3)18-19(14-5)11-9-10-13-4/h13,19H,6-11H2,1-5H3. The van der Waals surface area contributed by atoms with E-state index < -0.39 is 15.4 Å². The molecule has 1 N–H and O–H groups in total. The first-order chi connectivity index (χ1) is 9.17. The van der Waals surface area contributed by atoms with Gasteiger partial charge in [0.1, 0.15) is 0 Å². The van der Waals surface area contributed by atoms with E-state index in [4.69, 9.17) is 23.1 Å². The second kappa shape index (κ2) is 11.8. The van der Waals surface area contributed by atoms with Crippen molar-refractivity contribution in [3.05, 3.63) is 0 Å². The van der Waals surface area contributed by atoms with Crippen molar-refractivity contribution in [3.63, 3.8) is 0 Å². The lowest BCUT2D eigenvalue weighted by molar-refractivity contribution is -0.473. The zero-order valence-electron chi connectivity index (χ0n) is 12.9. The van der Waals surface area contributed by atoms with Crippen LogP contribution in [0.5, 0.6) is 0 Å². The molecule has 0 aromatic heterocycles. The largest absolute Gasteiger partial charge is 0.404 e. The molecule has 19 heavy (non-hydrogen) atoms. The first-order valence-electron chi connectivity index (χ1n) is 6.95. The Labute approximate surface area is 118 Å². The predicted molar refractivity (Wildman–Crippen MR) is 76.2 cm³/mol. The van der Waals surface area contributed by atoms with E-state index in [0.717, 1.165) is 19.0 Å². The number of hydrogen-bond acceptors (Lipinski definition) is 6. The summed E-state index contributed by atoms with van der Waals surface area (Å²) in [7, 11) is 1.70. The highest BCUT2D eigenvalue weighted by atomic mass is 28.3. The van der Waals surface area contributed by atoms with Crippen LogP contribution in [0.3, 0.4) is 0 Å². The smallest absolute Gasteiger partial charge is 0.400 e. The molecule has 0 aliphatic rings. The van der Waals surface area contributed by atoms with E-state index in [-0.39, 0.29) is 0 Å². The van der Waals surface area contributed by atoms with Gasteiger partial charge in [-0.25, -0.2) is 0 Å². The van der Waals surface area contributed by atoms with Crippen LogP contribution in [0.15, 0.2) is 0 Å². The third kappa shape index (κ3) is 7.98. The van der Waals surface area contributed by atoms with Gasteiger partial charge in [-0.2, -0.15) is 0 Å². The fourth-order valence-corrected chi connectivity index (χ4v) is 3.10. The quantitative estimate of drug-likeness (QED) is 0.313. The van der Waals surface area contributed by atoms with Gasteiger partial charge in [-0.05, 0) is 46.8 Å². The van der Waals surface area contributed by atoms with Gasteiger partial charge in [0.25, 0.3) is 0 Å². The van der Waals surface area contributed by atoms with E-state index in [2.05, 4.69) is 5.32 Å². The number of ether oxygens (including phenoxy) is 3. The molecule has 0 rings (SSSR count). The molecule has 1 unspecified atom stereocenters. The predicted octanol–water partition coefficient (Wildman–Crippen LogP) is 1.20. The van der Waals surface area contributed by atoms with Gasteiger partial charge in [-0.1, -0.05) is 0 Å². The zero-order chi connectivity index (χ0) is 14.6. The Hall–Kier alpha value is -0.0231. The molecule has 7 heteroatoms. The molecule has 0 saturated carbocycles. The maximum Gasteiger partial charge on any atom is 0.404 e. The fourth-order valence-electron chi connectivity index (χ4n) is 1.59. The first-order valence-corrected chi connectivity index (χ1v) is 8.70. The van der Waals surface area contributed by atoms with Crippen LogP contribution in [0.4, 0.5) is 0 Å². The summed E-state index contributed by atoms with van der Waals surface area (Å²) in [5.41, 5.74) is 0. The van der Waals surface area contributed by atoms with Crippen LogP contribution in [0.2, 0.25) is 6.04 Å². The molecule has 0 aliphatic heterocycles. The van der Waals surface area contributed by atoms with Crippen molar-refractivity contribution in [3.8, 4) is 0 Å². The average Bonchev–Trinajstić information content (AvgIpc) is 2.39. The second-order valence-electron chi connectivity index (χ2n) is 3.83. The van der Waals surface area contributed by atoms with Crippen LogP contribution < -0.4 is 5.32 Å². The molecule has 116 valence electrons. The summed E-state index contributed by atoms with van der Waals surface area (Å²) in [6.07, 6.45) is -0.424. The van der Waals surface area contributed by atoms with Crippen LogP contribution in [-0.4, -0.2) is 56.0 Å². The Balaban J connectivity index is 4.53. The van der Waals surface area contributed by atoms with Gasteiger partial charge in [0.2, 0.25) is 0 Å². The molecular formula is C12H29NO5Si. The van der Waals surface area contributed by atoms with Gasteiger partial charge in [-0.3, -0.25) is 0 Å². The third-order valence-electron chi connectivity index (χ3n) is 2.37. The molecule has 0 heterocycles. The molecular weight excluding hydrogens is 266 g/mol. The van der Waals surface area contributed by atoms with Crippen molar-refractivity contribution in [2.75, 3.05) is 40.5 Å². The lowest BCUT2D eigenvalue weighted by atomic mass is 10.5. The molecule has 0 radical (unpaired) electrons. The van der Waals surface area contributed by atoms with Crippen LogP contribution in [0, 0.1) is 0 Å². The lowest BCUT2D eigenvalue weighted by Gasteiger charge is -2.33. The van der Waals surface area contributed by atoms with Crippen molar-refractivity contribution < 1.29 is 23.1 Å². The minimum atomic E-state index is -1.88. The Bertz CT molecular complexity index is 192. The van der Waals surface area contributed by atoms with Crippen molar-refractivity contribution in [1.82, 2.24) is 5.32 Å². The molecule has 0 aromatic carbocycles. The molecule has 1 atom stereocenters. The highest BCUT2D eigenvalue weighted by molar-refractivity contribution is 6.44. The van der Waals surface area contributed by atoms with E-state index in [1.165, 1.54) is 0 Å². The Kier molecular flexibility index (Phi) is 11.8. The van der Waals surface area contributed by atoms with Crippen molar-refractivity contribution in [2.45, 2.75) is 39.4 Å². The van der Waals surface area contributed by atoms with Crippen molar-refractivity contribution in [2.24, 2.45) is 0 Å². The SMILES string of the molecule is CCOC(OCC)(OCC)O[SiH](CCCNC)OC. The van der Waals surface area contributed by atoms with E-state index in [0.29, 0.717) is 19.8 Å². The van der Waals surface area contributed by atoms with Crippen molar-refractivity contribution in [1.29, 1.82) is 0 Å². The highest BCUT2D eigenvalue weighted by Gasteiger charge is 2.38. The van der Waals surface area contributed by atoms with E-state index >= 15 is 0 Å². The maximum absolute atomic E-state index is 5.88. The van der Waals surface area contributed by atoms with Gasteiger partial charge in [-0.15, -0.1) is 0 Å². The molecule has 0 bridgehead atoms. The summed E-state index contributed by atoms with van der Waals surface area (Å²) in [4.78, 5) is 0.